The second-order valence-corrected chi connectivity index (χ2v) is 4.20. The summed E-state index contributed by atoms with van der Waals surface area (Å²) in [5, 5.41) is 3.22. The van der Waals surface area contributed by atoms with Gasteiger partial charge in [-0.15, -0.1) is 0 Å². The molecular formula is C10H16N4O3. The van der Waals surface area contributed by atoms with Crippen molar-refractivity contribution in [3.63, 3.8) is 0 Å². The Morgan fingerprint density at radius 2 is 1.71 bits per heavy atom. The van der Waals surface area contributed by atoms with E-state index in [1.54, 1.807) is 0 Å². The molecule has 7 nitrogen and oxygen atoms in total. The van der Waals surface area contributed by atoms with Crippen LogP contribution in [0.4, 0.5) is 4.79 Å². The summed E-state index contributed by atoms with van der Waals surface area (Å²) >= 11 is 0. The summed E-state index contributed by atoms with van der Waals surface area (Å²) in [5.74, 6) is -1.46. The van der Waals surface area contributed by atoms with Crippen molar-refractivity contribution in [2.75, 3.05) is 46.3 Å². The summed E-state index contributed by atoms with van der Waals surface area (Å²) in [6.45, 7) is 4.55. The molecule has 0 spiro atoms. The molecule has 0 aromatic carbocycles. The van der Waals surface area contributed by atoms with E-state index >= 15 is 0 Å². The highest BCUT2D eigenvalue weighted by Crippen LogP contribution is 2.09. The highest BCUT2D eigenvalue weighted by atomic mass is 16.2. The van der Waals surface area contributed by atoms with Crippen LogP contribution in [0, 0.1) is 0 Å². The lowest BCUT2D eigenvalue weighted by Crippen LogP contribution is -2.47. The van der Waals surface area contributed by atoms with E-state index in [4.69, 9.17) is 0 Å². The number of piperazine rings is 1. The molecule has 0 bridgehead atoms. The summed E-state index contributed by atoms with van der Waals surface area (Å²) in [6.07, 6.45) is 0. The van der Waals surface area contributed by atoms with Gasteiger partial charge in [0.25, 0.3) is 0 Å². The fourth-order valence-corrected chi connectivity index (χ4v) is 1.99. The third-order valence-electron chi connectivity index (χ3n) is 3.10. The van der Waals surface area contributed by atoms with E-state index in [0.29, 0.717) is 6.54 Å². The smallest absolute Gasteiger partial charge is 0.314 e. The minimum atomic E-state index is -0.740. The molecular weight excluding hydrogens is 224 g/mol. The van der Waals surface area contributed by atoms with E-state index in [0.717, 1.165) is 36.0 Å². The molecule has 94 valence electrons. The third kappa shape index (κ3) is 2.29. The zero-order valence-electron chi connectivity index (χ0n) is 9.81. The molecule has 0 atom stereocenters. The van der Waals surface area contributed by atoms with Crippen LogP contribution < -0.4 is 5.32 Å². The lowest BCUT2D eigenvalue weighted by molar-refractivity contribution is -0.142. The SMILES string of the molecule is CN1C(=O)C(=O)N(CCN2CCNCC2)C1=O. The van der Waals surface area contributed by atoms with Crippen LogP contribution in [0.3, 0.4) is 0 Å². The maximum atomic E-state index is 11.6. The van der Waals surface area contributed by atoms with Crippen molar-refractivity contribution in [1.82, 2.24) is 20.0 Å². The lowest BCUT2D eigenvalue weighted by Gasteiger charge is -2.28. The van der Waals surface area contributed by atoms with Crippen LogP contribution in [0.15, 0.2) is 0 Å². The predicted molar refractivity (Wildman–Crippen MR) is 59.2 cm³/mol. The van der Waals surface area contributed by atoms with Gasteiger partial charge in [-0.05, 0) is 0 Å². The number of nitrogens with one attached hydrogen (secondary N) is 1. The first kappa shape index (κ1) is 12.0. The number of nitrogens with zero attached hydrogens (tertiary/aromatic N) is 3. The van der Waals surface area contributed by atoms with Gasteiger partial charge in [0.15, 0.2) is 0 Å². The summed E-state index contributed by atoms with van der Waals surface area (Å²) in [4.78, 5) is 38.4. The van der Waals surface area contributed by atoms with Gasteiger partial charge in [-0.2, -0.15) is 0 Å². The molecule has 17 heavy (non-hydrogen) atoms. The van der Waals surface area contributed by atoms with Crippen LogP contribution in [-0.4, -0.2) is 78.9 Å². The molecule has 0 aliphatic carbocycles. The molecule has 2 heterocycles. The van der Waals surface area contributed by atoms with Crippen molar-refractivity contribution in [1.29, 1.82) is 0 Å². The van der Waals surface area contributed by atoms with E-state index in [9.17, 15) is 14.4 Å². The van der Waals surface area contributed by atoms with Gasteiger partial charge in [-0.1, -0.05) is 0 Å². The van der Waals surface area contributed by atoms with Gasteiger partial charge in [0, 0.05) is 46.3 Å². The van der Waals surface area contributed by atoms with Gasteiger partial charge in [-0.3, -0.25) is 24.3 Å². The summed E-state index contributed by atoms with van der Waals surface area (Å²) in [7, 11) is 1.33. The second kappa shape index (κ2) is 4.80. The Kier molecular flexibility index (Phi) is 3.39. The summed E-state index contributed by atoms with van der Waals surface area (Å²) in [6, 6.07) is -0.518. The Labute approximate surface area is 99.3 Å². The molecule has 7 heteroatoms. The maximum absolute atomic E-state index is 11.6. The van der Waals surface area contributed by atoms with Crippen LogP contribution in [0.2, 0.25) is 0 Å². The Hall–Kier alpha value is -1.47. The Morgan fingerprint density at radius 3 is 2.24 bits per heavy atom. The van der Waals surface area contributed by atoms with Crippen molar-refractivity contribution in [2.24, 2.45) is 0 Å². The van der Waals surface area contributed by atoms with E-state index in [1.165, 1.54) is 7.05 Å². The third-order valence-corrected chi connectivity index (χ3v) is 3.10. The monoisotopic (exact) mass is 240 g/mol. The first-order valence-electron chi connectivity index (χ1n) is 5.68. The molecule has 0 aromatic rings. The molecule has 0 aromatic heterocycles. The van der Waals surface area contributed by atoms with Crippen molar-refractivity contribution in [3.05, 3.63) is 0 Å². The normalized spacial score (nSPS) is 22.8. The molecule has 0 unspecified atom stereocenters. The van der Waals surface area contributed by atoms with E-state index < -0.39 is 17.8 Å². The average Bonchev–Trinajstić information content (AvgIpc) is 2.54. The number of carbonyl (C=O) groups is 3. The number of hydrogen-bond donors (Lipinski definition) is 1. The number of carbonyl (C=O) groups excluding carboxylic acids is 3. The van der Waals surface area contributed by atoms with Gasteiger partial charge in [-0.25, -0.2) is 4.79 Å². The molecule has 0 saturated carbocycles. The first-order chi connectivity index (χ1) is 8.11. The Balaban J connectivity index is 1.88. The number of hydrogen-bond acceptors (Lipinski definition) is 5. The van der Waals surface area contributed by atoms with Gasteiger partial charge in [0.05, 0.1) is 0 Å². The number of rotatable bonds is 3. The van der Waals surface area contributed by atoms with Crippen molar-refractivity contribution in [2.45, 2.75) is 0 Å². The highest BCUT2D eigenvalue weighted by Gasteiger charge is 2.41. The minimum Gasteiger partial charge on any atom is -0.314 e. The van der Waals surface area contributed by atoms with Crippen LogP contribution >= 0.6 is 0 Å². The molecule has 2 fully saturated rings. The Morgan fingerprint density at radius 1 is 1.06 bits per heavy atom. The average molecular weight is 240 g/mol. The van der Waals surface area contributed by atoms with E-state index in [1.807, 2.05) is 0 Å². The highest BCUT2D eigenvalue weighted by molar-refractivity contribution is 6.44. The first-order valence-corrected chi connectivity index (χ1v) is 5.68. The van der Waals surface area contributed by atoms with Crippen molar-refractivity contribution < 1.29 is 14.4 Å². The largest absolute Gasteiger partial charge is 0.333 e. The van der Waals surface area contributed by atoms with Gasteiger partial charge in [0.2, 0.25) is 0 Å². The standard InChI is InChI=1S/C10H16N4O3/c1-12-8(15)9(16)14(10(12)17)7-6-13-4-2-11-3-5-13/h11H,2-7H2,1H3. The zero-order chi connectivity index (χ0) is 12.4. The summed E-state index contributed by atoms with van der Waals surface area (Å²) < 4.78 is 0. The molecule has 2 aliphatic rings. The fourth-order valence-electron chi connectivity index (χ4n) is 1.99. The molecule has 0 radical (unpaired) electrons. The zero-order valence-corrected chi connectivity index (χ0v) is 9.81. The summed E-state index contributed by atoms with van der Waals surface area (Å²) in [5.41, 5.74) is 0. The quantitative estimate of drug-likeness (QED) is 0.471. The molecule has 2 saturated heterocycles. The van der Waals surface area contributed by atoms with Crippen molar-refractivity contribution >= 4 is 17.8 Å². The second-order valence-electron chi connectivity index (χ2n) is 4.20. The van der Waals surface area contributed by atoms with Crippen LogP contribution in [0.1, 0.15) is 0 Å². The van der Waals surface area contributed by atoms with E-state index in [2.05, 4.69) is 10.2 Å². The molecule has 1 N–H and O–H groups in total. The predicted octanol–water partition coefficient (Wildman–Crippen LogP) is -1.69. The molecule has 2 rings (SSSR count). The van der Waals surface area contributed by atoms with Crippen LogP contribution in [0.25, 0.3) is 0 Å². The molecule has 2 aliphatic heterocycles. The van der Waals surface area contributed by atoms with Gasteiger partial charge in [0.1, 0.15) is 0 Å². The topological polar surface area (TPSA) is 73.0 Å². The number of imide groups is 2. The Bertz CT molecular complexity index is 351. The van der Waals surface area contributed by atoms with Gasteiger partial charge < -0.3 is 5.32 Å². The molecule has 4 amide bonds. The van der Waals surface area contributed by atoms with Crippen molar-refractivity contribution in [3.8, 4) is 0 Å². The lowest BCUT2D eigenvalue weighted by atomic mass is 10.3. The van der Waals surface area contributed by atoms with Crippen LogP contribution in [-0.2, 0) is 9.59 Å². The number of likely N-dealkylation sites (N-methyl/N-ethyl adjacent to an activating group) is 1. The number of amides is 4. The maximum Gasteiger partial charge on any atom is 0.333 e. The fraction of sp³-hybridized carbons (Fsp3) is 0.700. The number of urea groups is 1. The van der Waals surface area contributed by atoms with E-state index in [-0.39, 0.29) is 6.54 Å². The van der Waals surface area contributed by atoms with Gasteiger partial charge >= 0.3 is 17.8 Å². The van der Waals surface area contributed by atoms with Crippen LogP contribution in [0.5, 0.6) is 0 Å². The minimum absolute atomic E-state index is 0.285.